The molecule has 0 aromatic carbocycles. The van der Waals surface area contributed by atoms with Gasteiger partial charge in [-0.1, -0.05) is 0 Å². The monoisotopic (exact) mass is 414 g/mol. The Morgan fingerprint density at radius 2 is 2.33 bits per heavy atom. The molecule has 136 valence electrons. The maximum absolute atomic E-state index is 4.79. The molecule has 0 fully saturated rings. The molecule has 0 bridgehead atoms. The molecule has 5 heterocycles. The number of imidazole rings is 1. The van der Waals surface area contributed by atoms with E-state index >= 15 is 0 Å². The summed E-state index contributed by atoms with van der Waals surface area (Å²) in [4.78, 5) is 13.8. The highest BCUT2D eigenvalue weighted by Gasteiger charge is 2.20. The standard InChI is InChI=1S/C16H14N8S3/c1-9-4-12(27-23-9)21-14-15-18-7-11(10-5-19-20-6-10)24(15)8-13(22-14)26-16-17-2-3-25-16/h2-5,7-8,10,20H,6H2,1H3,(H,21,22). The van der Waals surface area contributed by atoms with Crippen molar-refractivity contribution in [3.63, 3.8) is 0 Å². The summed E-state index contributed by atoms with van der Waals surface area (Å²) in [6.45, 7) is 2.74. The number of aryl methyl sites for hydroxylation is 1. The van der Waals surface area contributed by atoms with Gasteiger partial charge in [-0.05, 0) is 36.3 Å². The van der Waals surface area contributed by atoms with Gasteiger partial charge in [-0.3, -0.25) is 4.40 Å². The lowest BCUT2D eigenvalue weighted by Gasteiger charge is -2.10. The van der Waals surface area contributed by atoms with Gasteiger partial charge >= 0.3 is 0 Å². The number of nitrogens with zero attached hydrogens (tertiary/aromatic N) is 6. The van der Waals surface area contributed by atoms with Gasteiger partial charge in [0.05, 0.1) is 23.5 Å². The predicted molar refractivity (Wildman–Crippen MR) is 109 cm³/mol. The lowest BCUT2D eigenvalue weighted by molar-refractivity contribution is 0.745. The highest BCUT2D eigenvalue weighted by molar-refractivity contribution is 8.00. The Kier molecular flexibility index (Phi) is 4.26. The van der Waals surface area contributed by atoms with Crippen molar-refractivity contribution in [3.8, 4) is 0 Å². The molecule has 1 atom stereocenters. The molecule has 2 N–H and O–H groups in total. The zero-order valence-electron chi connectivity index (χ0n) is 14.2. The van der Waals surface area contributed by atoms with Crippen molar-refractivity contribution in [2.24, 2.45) is 5.10 Å². The number of anilines is 2. The van der Waals surface area contributed by atoms with Crippen LogP contribution in [-0.4, -0.2) is 36.5 Å². The molecular weight excluding hydrogens is 400 g/mol. The van der Waals surface area contributed by atoms with E-state index in [-0.39, 0.29) is 5.92 Å². The Morgan fingerprint density at radius 3 is 3.07 bits per heavy atom. The van der Waals surface area contributed by atoms with Gasteiger partial charge in [0.2, 0.25) is 0 Å². The largest absolute Gasteiger partial charge is 0.328 e. The van der Waals surface area contributed by atoms with Crippen molar-refractivity contribution in [2.45, 2.75) is 22.2 Å². The van der Waals surface area contributed by atoms with Crippen LogP contribution in [0.4, 0.5) is 10.8 Å². The highest BCUT2D eigenvalue weighted by Crippen LogP contribution is 2.32. The second kappa shape index (κ2) is 6.91. The molecule has 1 aliphatic heterocycles. The Bertz CT molecular complexity index is 1110. The Labute approximate surface area is 167 Å². The number of fused-ring (bicyclic) bond motifs is 1. The summed E-state index contributed by atoms with van der Waals surface area (Å²) in [5.74, 6) is 0.882. The van der Waals surface area contributed by atoms with E-state index in [0.717, 1.165) is 37.9 Å². The van der Waals surface area contributed by atoms with Gasteiger partial charge in [0.25, 0.3) is 0 Å². The van der Waals surface area contributed by atoms with Crippen molar-refractivity contribution in [3.05, 3.63) is 41.4 Å². The number of thiazole rings is 1. The summed E-state index contributed by atoms with van der Waals surface area (Å²) < 4.78 is 7.37. The van der Waals surface area contributed by atoms with Crippen LogP contribution in [0.25, 0.3) is 5.65 Å². The minimum atomic E-state index is 0.179. The van der Waals surface area contributed by atoms with E-state index in [1.807, 2.05) is 37.0 Å². The average molecular weight is 415 g/mol. The van der Waals surface area contributed by atoms with Gasteiger partial charge in [0.15, 0.2) is 15.8 Å². The van der Waals surface area contributed by atoms with Crippen LogP contribution in [0.1, 0.15) is 17.3 Å². The van der Waals surface area contributed by atoms with E-state index in [2.05, 4.69) is 34.6 Å². The van der Waals surface area contributed by atoms with Crippen LogP contribution < -0.4 is 10.7 Å². The molecule has 27 heavy (non-hydrogen) atoms. The third kappa shape index (κ3) is 3.29. The maximum atomic E-state index is 4.79. The summed E-state index contributed by atoms with van der Waals surface area (Å²) >= 11 is 4.55. The molecule has 5 rings (SSSR count). The van der Waals surface area contributed by atoms with Crippen LogP contribution >= 0.6 is 34.6 Å². The first-order chi connectivity index (χ1) is 13.3. The molecule has 0 spiro atoms. The summed E-state index contributed by atoms with van der Waals surface area (Å²) in [6.07, 6.45) is 7.62. The lowest BCUT2D eigenvalue weighted by Crippen LogP contribution is -2.11. The third-order valence-electron chi connectivity index (χ3n) is 4.01. The first kappa shape index (κ1) is 16.7. The molecule has 11 heteroatoms. The summed E-state index contributed by atoms with van der Waals surface area (Å²) in [5.41, 5.74) is 5.84. The fraction of sp³-hybridized carbons (Fsp3) is 0.188. The van der Waals surface area contributed by atoms with Gasteiger partial charge < -0.3 is 10.7 Å². The molecule has 1 aliphatic rings. The molecule has 4 aromatic heterocycles. The molecular formula is C16H14N8S3. The van der Waals surface area contributed by atoms with Crippen LogP contribution in [0, 0.1) is 6.92 Å². The fourth-order valence-corrected chi connectivity index (χ4v) is 5.03. The van der Waals surface area contributed by atoms with Crippen LogP contribution in [-0.2, 0) is 0 Å². The molecule has 8 nitrogen and oxygen atoms in total. The molecule has 0 radical (unpaired) electrons. The van der Waals surface area contributed by atoms with Crippen molar-refractivity contribution >= 4 is 57.3 Å². The van der Waals surface area contributed by atoms with E-state index in [1.165, 1.54) is 23.3 Å². The number of nitrogens with one attached hydrogen (secondary N) is 2. The first-order valence-corrected chi connectivity index (χ1v) is 10.6. The van der Waals surface area contributed by atoms with Crippen molar-refractivity contribution in [2.75, 3.05) is 11.9 Å². The maximum Gasteiger partial charge on any atom is 0.180 e. The molecule has 0 saturated carbocycles. The van der Waals surface area contributed by atoms with Crippen molar-refractivity contribution in [1.82, 2.24) is 29.2 Å². The first-order valence-electron chi connectivity index (χ1n) is 8.18. The smallest absolute Gasteiger partial charge is 0.180 e. The van der Waals surface area contributed by atoms with Crippen molar-refractivity contribution < 1.29 is 0 Å². The van der Waals surface area contributed by atoms with Gasteiger partial charge in [-0.2, -0.15) is 9.47 Å². The molecule has 0 saturated heterocycles. The molecule has 0 aliphatic carbocycles. The molecule has 0 amide bonds. The van der Waals surface area contributed by atoms with E-state index in [4.69, 9.17) is 4.98 Å². The Morgan fingerprint density at radius 1 is 1.37 bits per heavy atom. The molecule has 4 aromatic rings. The fourth-order valence-electron chi connectivity index (χ4n) is 2.81. The normalized spacial score (nSPS) is 16.1. The minimum Gasteiger partial charge on any atom is -0.328 e. The van der Waals surface area contributed by atoms with Crippen LogP contribution in [0.2, 0.25) is 0 Å². The molecule has 1 unspecified atom stereocenters. The second-order valence-electron chi connectivity index (χ2n) is 5.91. The number of rotatable bonds is 5. The zero-order valence-corrected chi connectivity index (χ0v) is 16.6. The number of hydrazone groups is 1. The van der Waals surface area contributed by atoms with Gasteiger partial charge in [0, 0.05) is 30.5 Å². The topological polar surface area (TPSA) is 92.4 Å². The Hall–Kier alpha value is -2.50. The SMILES string of the molecule is Cc1cc(Nc2nc(Sc3nccs3)cn3c(C4C=NNC4)cnc23)sn1. The average Bonchev–Trinajstić information content (AvgIpc) is 3.42. The predicted octanol–water partition coefficient (Wildman–Crippen LogP) is 3.52. The van der Waals surface area contributed by atoms with E-state index in [9.17, 15) is 0 Å². The zero-order chi connectivity index (χ0) is 18.2. The quantitative estimate of drug-likeness (QED) is 0.516. The van der Waals surface area contributed by atoms with Crippen LogP contribution in [0.5, 0.6) is 0 Å². The van der Waals surface area contributed by atoms with Gasteiger partial charge in [-0.25, -0.2) is 15.0 Å². The second-order valence-corrected chi connectivity index (χ2v) is 8.88. The van der Waals surface area contributed by atoms with Crippen LogP contribution in [0.3, 0.4) is 0 Å². The number of hydrogen-bond acceptors (Lipinski definition) is 10. The van der Waals surface area contributed by atoms with Gasteiger partial charge in [-0.15, -0.1) is 11.3 Å². The third-order valence-corrected chi connectivity index (χ3v) is 6.59. The van der Waals surface area contributed by atoms with E-state index in [1.54, 1.807) is 17.5 Å². The Balaban J connectivity index is 1.60. The highest BCUT2D eigenvalue weighted by atomic mass is 32.2. The van der Waals surface area contributed by atoms with E-state index < -0.39 is 0 Å². The van der Waals surface area contributed by atoms with E-state index in [0.29, 0.717) is 5.82 Å². The van der Waals surface area contributed by atoms with Gasteiger partial charge in [0.1, 0.15) is 10.0 Å². The summed E-state index contributed by atoms with van der Waals surface area (Å²) in [5, 5.41) is 11.3. The minimum absolute atomic E-state index is 0.179. The number of aromatic nitrogens is 5. The van der Waals surface area contributed by atoms with Crippen LogP contribution in [0.15, 0.2) is 44.5 Å². The summed E-state index contributed by atoms with van der Waals surface area (Å²) in [7, 11) is 0. The number of hydrogen-bond donors (Lipinski definition) is 2. The van der Waals surface area contributed by atoms with Crippen molar-refractivity contribution in [1.29, 1.82) is 0 Å². The lowest BCUT2D eigenvalue weighted by atomic mass is 10.1. The summed E-state index contributed by atoms with van der Waals surface area (Å²) in [6, 6.07) is 2.00.